The SMILES string of the molecule is CCc1cc([N+](=O)[O-])ccc1N=C=S. The van der Waals surface area contributed by atoms with E-state index in [0.29, 0.717) is 12.1 Å². The van der Waals surface area contributed by atoms with E-state index in [-0.39, 0.29) is 5.69 Å². The average molecular weight is 208 g/mol. The van der Waals surface area contributed by atoms with E-state index in [1.807, 2.05) is 6.92 Å². The quantitative estimate of drug-likeness (QED) is 0.332. The van der Waals surface area contributed by atoms with Gasteiger partial charge in [0.05, 0.1) is 15.8 Å². The van der Waals surface area contributed by atoms with Crippen LogP contribution in [0.5, 0.6) is 0 Å². The standard InChI is InChI=1S/C9H8N2O2S/c1-2-7-5-8(11(12)13)3-4-9(7)10-6-14/h3-5H,2H2,1H3. The lowest BCUT2D eigenvalue weighted by atomic mass is 10.1. The lowest BCUT2D eigenvalue weighted by Gasteiger charge is -2.00. The number of nitro groups is 1. The molecule has 1 aromatic rings. The van der Waals surface area contributed by atoms with E-state index in [1.54, 1.807) is 6.07 Å². The lowest BCUT2D eigenvalue weighted by molar-refractivity contribution is -0.384. The number of benzene rings is 1. The van der Waals surface area contributed by atoms with Crippen LogP contribution in [0.25, 0.3) is 0 Å². The van der Waals surface area contributed by atoms with Gasteiger partial charge in [0.2, 0.25) is 0 Å². The Bertz CT molecular complexity index is 411. The molecule has 0 saturated heterocycles. The molecule has 0 N–H and O–H groups in total. The number of rotatable bonds is 3. The van der Waals surface area contributed by atoms with Gasteiger partial charge in [0.15, 0.2) is 0 Å². The maximum Gasteiger partial charge on any atom is 0.269 e. The largest absolute Gasteiger partial charge is 0.269 e. The highest BCUT2D eigenvalue weighted by atomic mass is 32.1. The van der Waals surface area contributed by atoms with Crippen LogP contribution < -0.4 is 0 Å². The predicted octanol–water partition coefficient (Wildman–Crippen LogP) is 2.89. The molecule has 5 heteroatoms. The van der Waals surface area contributed by atoms with Crippen molar-refractivity contribution >= 4 is 28.8 Å². The van der Waals surface area contributed by atoms with Crippen LogP contribution in [0.3, 0.4) is 0 Å². The molecule has 72 valence electrons. The molecule has 0 spiro atoms. The predicted molar refractivity (Wildman–Crippen MR) is 57.2 cm³/mol. The molecule has 0 bridgehead atoms. The molecule has 1 aromatic carbocycles. The summed E-state index contributed by atoms with van der Waals surface area (Å²) in [5.41, 5.74) is 1.52. The molecule has 0 heterocycles. The summed E-state index contributed by atoms with van der Waals surface area (Å²) in [6, 6.07) is 4.49. The van der Waals surface area contributed by atoms with Crippen LogP contribution in [-0.4, -0.2) is 10.1 Å². The number of hydrogen-bond acceptors (Lipinski definition) is 4. The Morgan fingerprint density at radius 2 is 2.36 bits per heavy atom. The third-order valence-corrected chi connectivity index (χ3v) is 1.91. The van der Waals surface area contributed by atoms with Gasteiger partial charge in [-0.15, -0.1) is 0 Å². The molecule has 0 saturated carbocycles. The summed E-state index contributed by atoms with van der Waals surface area (Å²) < 4.78 is 0. The van der Waals surface area contributed by atoms with E-state index >= 15 is 0 Å². The Hall–Kier alpha value is -1.58. The fourth-order valence-corrected chi connectivity index (χ4v) is 1.23. The van der Waals surface area contributed by atoms with Gasteiger partial charge in [-0.3, -0.25) is 10.1 Å². The Morgan fingerprint density at radius 3 is 2.86 bits per heavy atom. The van der Waals surface area contributed by atoms with E-state index in [9.17, 15) is 10.1 Å². The molecule has 0 amide bonds. The van der Waals surface area contributed by atoms with Crippen LogP contribution in [-0.2, 0) is 6.42 Å². The maximum absolute atomic E-state index is 10.5. The van der Waals surface area contributed by atoms with Crippen molar-refractivity contribution in [1.29, 1.82) is 0 Å². The van der Waals surface area contributed by atoms with Gasteiger partial charge < -0.3 is 0 Å². The zero-order chi connectivity index (χ0) is 10.6. The molecule has 0 atom stereocenters. The van der Waals surface area contributed by atoms with Crippen LogP contribution in [0.2, 0.25) is 0 Å². The number of aryl methyl sites for hydroxylation is 1. The summed E-state index contributed by atoms with van der Waals surface area (Å²) >= 11 is 4.48. The minimum absolute atomic E-state index is 0.0742. The third-order valence-electron chi connectivity index (χ3n) is 1.82. The molecule has 14 heavy (non-hydrogen) atoms. The fraction of sp³-hybridized carbons (Fsp3) is 0.222. The molecule has 0 aliphatic carbocycles. The van der Waals surface area contributed by atoms with E-state index in [2.05, 4.69) is 22.4 Å². The van der Waals surface area contributed by atoms with Gasteiger partial charge in [0, 0.05) is 12.1 Å². The first kappa shape index (κ1) is 10.5. The van der Waals surface area contributed by atoms with Crippen molar-refractivity contribution in [2.75, 3.05) is 0 Å². The monoisotopic (exact) mass is 208 g/mol. The molecule has 0 aliphatic heterocycles. The van der Waals surface area contributed by atoms with Crippen LogP contribution in [0.4, 0.5) is 11.4 Å². The van der Waals surface area contributed by atoms with Gasteiger partial charge in [0.25, 0.3) is 5.69 Å². The van der Waals surface area contributed by atoms with Crippen molar-refractivity contribution in [2.45, 2.75) is 13.3 Å². The van der Waals surface area contributed by atoms with Crippen LogP contribution in [0.1, 0.15) is 12.5 Å². The highest BCUT2D eigenvalue weighted by Gasteiger charge is 2.08. The molecule has 1 rings (SSSR count). The molecule has 0 fully saturated rings. The minimum atomic E-state index is -0.427. The molecular formula is C9H8N2O2S. The van der Waals surface area contributed by atoms with Gasteiger partial charge in [-0.2, -0.15) is 4.99 Å². The number of nitrogens with zero attached hydrogens (tertiary/aromatic N) is 2. The van der Waals surface area contributed by atoms with Crippen LogP contribution in [0.15, 0.2) is 23.2 Å². The molecule has 4 nitrogen and oxygen atoms in total. The Labute approximate surface area is 86.4 Å². The van der Waals surface area contributed by atoms with Gasteiger partial charge in [-0.25, -0.2) is 0 Å². The average Bonchev–Trinajstić information content (AvgIpc) is 2.18. The van der Waals surface area contributed by atoms with Crippen molar-refractivity contribution in [3.8, 4) is 0 Å². The summed E-state index contributed by atoms with van der Waals surface area (Å²) in [5.74, 6) is 0. The normalized spacial score (nSPS) is 9.21. The highest BCUT2D eigenvalue weighted by Crippen LogP contribution is 2.24. The number of non-ortho nitro benzene ring substituents is 1. The first-order chi connectivity index (χ1) is 6.69. The molecule has 0 aliphatic rings. The number of isothiocyanates is 1. The Kier molecular flexibility index (Phi) is 3.45. The summed E-state index contributed by atoms with van der Waals surface area (Å²) in [6.07, 6.45) is 0.678. The Morgan fingerprint density at radius 1 is 1.64 bits per heavy atom. The van der Waals surface area contributed by atoms with E-state index in [4.69, 9.17) is 0 Å². The number of thiocarbonyl (C=S) groups is 1. The zero-order valence-corrected chi connectivity index (χ0v) is 8.37. The Balaban J connectivity index is 3.24. The number of nitro benzene ring substituents is 1. The maximum atomic E-state index is 10.5. The summed E-state index contributed by atoms with van der Waals surface area (Å²) in [7, 11) is 0. The molecule has 0 radical (unpaired) electrons. The topological polar surface area (TPSA) is 55.5 Å². The van der Waals surface area contributed by atoms with Crippen LogP contribution in [0, 0.1) is 10.1 Å². The van der Waals surface area contributed by atoms with Gasteiger partial charge in [0.1, 0.15) is 0 Å². The number of hydrogen-bond donors (Lipinski definition) is 0. The second kappa shape index (κ2) is 4.60. The molecule has 0 aromatic heterocycles. The van der Waals surface area contributed by atoms with Crippen LogP contribution >= 0.6 is 12.2 Å². The minimum Gasteiger partial charge on any atom is -0.258 e. The lowest BCUT2D eigenvalue weighted by Crippen LogP contribution is -1.90. The van der Waals surface area contributed by atoms with Crippen molar-refractivity contribution < 1.29 is 4.92 Å². The van der Waals surface area contributed by atoms with E-state index in [1.165, 1.54) is 12.1 Å². The fourth-order valence-electron chi connectivity index (χ4n) is 1.13. The van der Waals surface area contributed by atoms with E-state index in [0.717, 1.165) is 5.56 Å². The number of aliphatic imine (C=N–C) groups is 1. The van der Waals surface area contributed by atoms with Crippen molar-refractivity contribution in [2.24, 2.45) is 4.99 Å². The zero-order valence-electron chi connectivity index (χ0n) is 7.56. The van der Waals surface area contributed by atoms with E-state index < -0.39 is 4.92 Å². The second-order valence-corrected chi connectivity index (χ2v) is 2.81. The van der Waals surface area contributed by atoms with Gasteiger partial charge in [-0.1, -0.05) is 6.92 Å². The van der Waals surface area contributed by atoms with Crippen molar-refractivity contribution in [3.63, 3.8) is 0 Å². The third kappa shape index (κ3) is 2.22. The van der Waals surface area contributed by atoms with Gasteiger partial charge in [-0.05, 0) is 30.3 Å². The summed E-state index contributed by atoms with van der Waals surface area (Å²) in [5, 5.41) is 12.7. The molecular weight excluding hydrogens is 200 g/mol. The van der Waals surface area contributed by atoms with Crippen molar-refractivity contribution in [1.82, 2.24) is 0 Å². The second-order valence-electron chi connectivity index (χ2n) is 2.63. The molecule has 0 unspecified atom stereocenters. The van der Waals surface area contributed by atoms with Crippen molar-refractivity contribution in [3.05, 3.63) is 33.9 Å². The first-order valence-corrected chi connectivity index (χ1v) is 4.45. The first-order valence-electron chi connectivity index (χ1n) is 4.04. The summed E-state index contributed by atoms with van der Waals surface area (Å²) in [6.45, 7) is 1.90. The van der Waals surface area contributed by atoms with Gasteiger partial charge >= 0.3 is 0 Å². The summed E-state index contributed by atoms with van der Waals surface area (Å²) in [4.78, 5) is 13.9. The smallest absolute Gasteiger partial charge is 0.258 e. The highest BCUT2D eigenvalue weighted by molar-refractivity contribution is 7.78.